The van der Waals surface area contributed by atoms with Gasteiger partial charge >= 0.3 is 11.9 Å². The quantitative estimate of drug-likeness (QED) is 0.0293. The Morgan fingerprint density at radius 2 is 0.960 bits per heavy atom. The third-order valence-corrected chi connectivity index (χ3v) is 8.82. The van der Waals surface area contributed by atoms with E-state index in [2.05, 4.69) is 54.8 Å². The van der Waals surface area contributed by atoms with E-state index in [0.717, 1.165) is 32.1 Å². The summed E-state index contributed by atoms with van der Waals surface area (Å²) in [5.41, 5.74) is 0. The van der Waals surface area contributed by atoms with Crippen molar-refractivity contribution < 1.29 is 37.9 Å². The van der Waals surface area contributed by atoms with Crippen LogP contribution in [0, 0.1) is 0 Å². The third kappa shape index (κ3) is 38.8. The zero-order chi connectivity index (χ0) is 36.8. The number of esters is 2. The Labute approximate surface area is 305 Å². The zero-order valence-corrected chi connectivity index (χ0v) is 32.6. The summed E-state index contributed by atoms with van der Waals surface area (Å²) in [5.74, 6) is -0.984. The van der Waals surface area contributed by atoms with Crippen molar-refractivity contribution in [1.29, 1.82) is 0 Å². The Morgan fingerprint density at radius 3 is 1.44 bits per heavy atom. The van der Waals surface area contributed by atoms with Gasteiger partial charge in [0.05, 0.1) is 6.61 Å². The van der Waals surface area contributed by atoms with Crippen LogP contribution in [0.5, 0.6) is 0 Å². The van der Waals surface area contributed by atoms with Crippen molar-refractivity contribution in [3.8, 4) is 0 Å². The molecule has 0 radical (unpaired) electrons. The molecule has 9 heteroatoms. The van der Waals surface area contributed by atoms with Gasteiger partial charge in [0.15, 0.2) is 6.10 Å². The first kappa shape index (κ1) is 48.0. The highest BCUT2D eigenvalue weighted by Crippen LogP contribution is 2.30. The fourth-order valence-corrected chi connectivity index (χ4v) is 5.72. The maximum atomic E-state index is 12.3. The van der Waals surface area contributed by atoms with Crippen molar-refractivity contribution in [3.63, 3.8) is 0 Å². The third-order valence-electron chi connectivity index (χ3n) is 8.35. The molecule has 0 saturated heterocycles. The number of unbranched alkanes of at least 4 members (excludes halogenated alkanes) is 18. The highest BCUT2D eigenvalue weighted by atomic mass is 31.2. The van der Waals surface area contributed by atoms with Gasteiger partial charge in [0, 0.05) is 12.8 Å². The van der Waals surface area contributed by atoms with Crippen molar-refractivity contribution in [2.45, 2.75) is 187 Å². The maximum absolute atomic E-state index is 12.3. The summed E-state index contributed by atoms with van der Waals surface area (Å²) < 4.78 is 26.0. The summed E-state index contributed by atoms with van der Waals surface area (Å²) >= 11 is 0. The van der Waals surface area contributed by atoms with Gasteiger partial charge in [-0.3, -0.25) is 14.2 Å². The molecule has 290 valence electrons. The molecule has 8 nitrogen and oxygen atoms in total. The van der Waals surface area contributed by atoms with Crippen molar-refractivity contribution in [2.75, 3.05) is 13.2 Å². The van der Waals surface area contributed by atoms with Crippen LogP contribution in [0.25, 0.3) is 0 Å². The molecule has 0 aliphatic rings. The average molecular weight is 724 g/mol. The molecule has 0 bridgehead atoms. The van der Waals surface area contributed by atoms with Gasteiger partial charge in [-0.1, -0.05) is 165 Å². The Balaban J connectivity index is 4.04. The Kier molecular flexibility index (Phi) is 35.3. The van der Waals surface area contributed by atoms with Crippen LogP contribution in [0.1, 0.15) is 181 Å². The lowest BCUT2D eigenvalue weighted by atomic mass is 10.0. The zero-order valence-electron chi connectivity index (χ0n) is 31.7. The summed E-state index contributed by atoms with van der Waals surface area (Å²) in [7, 11) is -5.02. The molecule has 0 fully saturated rings. The number of rotatable bonds is 36. The molecule has 0 saturated carbocycles. The van der Waals surface area contributed by atoms with Gasteiger partial charge in [-0.15, -0.1) is 0 Å². The topological polar surface area (TPSA) is 122 Å². The molecule has 0 rings (SSSR count). The largest absolute Gasteiger partial charge is 0.756 e. The van der Waals surface area contributed by atoms with Gasteiger partial charge in [-0.2, -0.15) is 0 Å². The molecule has 0 heterocycles. The van der Waals surface area contributed by atoms with Crippen LogP contribution < -0.4 is 4.89 Å². The van der Waals surface area contributed by atoms with E-state index in [1.54, 1.807) is 0 Å². The molecule has 1 unspecified atom stereocenters. The molecular formula is C41H72O8P-. The van der Waals surface area contributed by atoms with E-state index in [4.69, 9.17) is 14.4 Å². The molecule has 0 aliphatic carbocycles. The monoisotopic (exact) mass is 723 g/mol. The Hall–Kier alpha value is -1.99. The lowest BCUT2D eigenvalue weighted by Crippen LogP contribution is -2.30. The van der Waals surface area contributed by atoms with Gasteiger partial charge in [0.1, 0.15) is 6.61 Å². The van der Waals surface area contributed by atoms with Crippen LogP contribution in [0.3, 0.4) is 0 Å². The van der Waals surface area contributed by atoms with E-state index in [-0.39, 0.29) is 19.4 Å². The van der Waals surface area contributed by atoms with Crippen molar-refractivity contribution in [3.05, 3.63) is 48.6 Å². The molecule has 0 amide bonds. The van der Waals surface area contributed by atoms with Crippen molar-refractivity contribution in [1.82, 2.24) is 0 Å². The van der Waals surface area contributed by atoms with Gasteiger partial charge < -0.3 is 23.8 Å². The van der Waals surface area contributed by atoms with E-state index in [1.165, 1.54) is 103 Å². The molecule has 0 aromatic carbocycles. The van der Waals surface area contributed by atoms with Crippen LogP contribution in [0.15, 0.2) is 48.6 Å². The second kappa shape index (κ2) is 36.8. The first-order chi connectivity index (χ1) is 24.3. The van der Waals surface area contributed by atoms with Gasteiger partial charge in [-0.25, -0.2) is 0 Å². The fraction of sp³-hybridized carbons (Fsp3) is 0.756. The van der Waals surface area contributed by atoms with Crippen LogP contribution >= 0.6 is 7.82 Å². The minimum atomic E-state index is -5.02. The minimum absolute atomic E-state index is 0.121. The summed E-state index contributed by atoms with van der Waals surface area (Å²) in [6, 6.07) is 0. The van der Waals surface area contributed by atoms with Gasteiger partial charge in [-0.05, 0) is 51.4 Å². The van der Waals surface area contributed by atoms with E-state index in [9.17, 15) is 19.0 Å². The molecule has 0 aromatic heterocycles. The standard InChI is InChI=1S/C41H73O8P/c1-3-5-7-9-11-13-15-17-19-20-22-24-26-28-30-32-34-36-41(43)49-39(38-48-50(44,45)46)37-47-40(42)35-33-31-29-27-25-23-21-18-16-14-12-10-8-6-4-2/h11,13,17,19,22,24,28,30,39H,3-10,12,14-16,18,20-21,23,25-27,29,31-38H2,1-2H3,(H2,44,45,46)/p-1/b13-11-,19-17-,24-22-,30-28-/t39-/m1/s1. The second-order valence-corrected chi connectivity index (χ2v) is 14.4. The Bertz CT molecular complexity index is 952. The summed E-state index contributed by atoms with van der Waals surface area (Å²) in [6.45, 7) is 3.52. The molecule has 1 N–H and O–H groups in total. The van der Waals surface area contributed by atoms with E-state index in [0.29, 0.717) is 19.3 Å². The number of ether oxygens (including phenoxy) is 2. The maximum Gasteiger partial charge on any atom is 0.306 e. The number of phosphoric acid groups is 1. The first-order valence-electron chi connectivity index (χ1n) is 19.9. The molecular weight excluding hydrogens is 651 g/mol. The smallest absolute Gasteiger partial charge is 0.306 e. The lowest BCUT2D eigenvalue weighted by Gasteiger charge is -2.21. The predicted octanol–water partition coefficient (Wildman–Crippen LogP) is 11.3. The fourth-order valence-electron chi connectivity index (χ4n) is 5.36. The van der Waals surface area contributed by atoms with Crippen LogP contribution in [-0.2, 0) is 28.2 Å². The molecule has 0 spiro atoms. The van der Waals surface area contributed by atoms with E-state index < -0.39 is 32.5 Å². The van der Waals surface area contributed by atoms with Crippen LogP contribution in [-0.4, -0.2) is 36.1 Å². The lowest BCUT2D eigenvalue weighted by molar-refractivity contribution is -0.223. The Morgan fingerprint density at radius 1 is 0.560 bits per heavy atom. The minimum Gasteiger partial charge on any atom is -0.756 e. The SMILES string of the molecule is CCCCC/C=C\C/C=C\C/C=C\C/C=C\CCCC(=O)O[C@H](COC(=O)CCCCCCCCCCCCCCCCC)COP(=O)([O-])O. The molecule has 2 atom stereocenters. The number of carbonyl (C=O) groups excluding carboxylic acids is 2. The van der Waals surface area contributed by atoms with E-state index in [1.807, 2.05) is 12.2 Å². The normalized spacial score (nSPS) is 13.9. The average Bonchev–Trinajstić information content (AvgIpc) is 3.08. The van der Waals surface area contributed by atoms with E-state index >= 15 is 0 Å². The number of hydrogen-bond acceptors (Lipinski definition) is 7. The summed E-state index contributed by atoms with van der Waals surface area (Å²) in [6.07, 6.45) is 43.8. The van der Waals surface area contributed by atoms with Crippen LogP contribution in [0.2, 0.25) is 0 Å². The highest BCUT2D eigenvalue weighted by molar-refractivity contribution is 7.44. The van der Waals surface area contributed by atoms with Crippen molar-refractivity contribution >= 4 is 19.8 Å². The first-order valence-corrected chi connectivity index (χ1v) is 21.4. The summed E-state index contributed by atoms with van der Waals surface area (Å²) in [5, 5.41) is 0. The molecule has 50 heavy (non-hydrogen) atoms. The highest BCUT2D eigenvalue weighted by Gasteiger charge is 2.19. The number of allylic oxidation sites excluding steroid dienone is 8. The van der Waals surface area contributed by atoms with Gasteiger partial charge in [0.25, 0.3) is 7.82 Å². The van der Waals surface area contributed by atoms with Crippen molar-refractivity contribution in [2.24, 2.45) is 0 Å². The molecule has 0 aliphatic heterocycles. The number of carbonyl (C=O) groups is 2. The second-order valence-electron chi connectivity index (χ2n) is 13.2. The number of hydrogen-bond donors (Lipinski definition) is 1. The van der Waals surface area contributed by atoms with Crippen LogP contribution in [0.4, 0.5) is 0 Å². The molecule has 0 aromatic rings. The predicted molar refractivity (Wildman–Crippen MR) is 205 cm³/mol. The summed E-state index contributed by atoms with van der Waals surface area (Å²) in [4.78, 5) is 44.6. The number of phosphoric ester groups is 1. The van der Waals surface area contributed by atoms with Gasteiger partial charge in [0.2, 0.25) is 0 Å².